The van der Waals surface area contributed by atoms with Crippen LogP contribution in [0.2, 0.25) is 0 Å². The summed E-state index contributed by atoms with van der Waals surface area (Å²) in [5, 5.41) is 10.3. The predicted octanol–water partition coefficient (Wildman–Crippen LogP) is 1.09. The van der Waals surface area contributed by atoms with Crippen molar-refractivity contribution in [3.8, 4) is 0 Å². The molecule has 9 heteroatoms. The van der Waals surface area contributed by atoms with Crippen LogP contribution in [-0.2, 0) is 23.6 Å². The first-order valence-electron chi connectivity index (χ1n) is 7.50. The molecular weight excluding hydrogens is 342 g/mol. The molecule has 2 heterocycles. The maximum Gasteiger partial charge on any atom is 0.267 e. The summed E-state index contributed by atoms with van der Waals surface area (Å²) in [6, 6.07) is 7.99. The van der Waals surface area contributed by atoms with Crippen LogP contribution >= 0.6 is 0 Å². The van der Waals surface area contributed by atoms with E-state index < -0.39 is 10.0 Å². The largest absolute Gasteiger partial charge is 0.346 e. The Morgan fingerprint density at radius 3 is 2.52 bits per heavy atom. The normalized spacial score (nSPS) is 11.4. The number of hydrogen-bond acceptors (Lipinski definition) is 5. The topological polar surface area (TPSA) is 98.9 Å². The number of carbonyl (C=O) groups excluding carboxylic acids is 1. The van der Waals surface area contributed by atoms with Gasteiger partial charge in [0.2, 0.25) is 0 Å². The van der Waals surface area contributed by atoms with Gasteiger partial charge in [-0.3, -0.25) is 9.48 Å². The van der Waals surface area contributed by atoms with Crippen LogP contribution in [0.25, 0.3) is 0 Å². The van der Waals surface area contributed by atoms with Gasteiger partial charge in [0, 0.05) is 25.6 Å². The van der Waals surface area contributed by atoms with Gasteiger partial charge >= 0.3 is 0 Å². The van der Waals surface area contributed by atoms with Crippen molar-refractivity contribution < 1.29 is 13.2 Å². The smallest absolute Gasteiger partial charge is 0.267 e. The van der Waals surface area contributed by atoms with Crippen LogP contribution < -0.4 is 5.32 Å². The van der Waals surface area contributed by atoms with E-state index in [4.69, 9.17) is 0 Å². The van der Waals surface area contributed by atoms with Gasteiger partial charge in [-0.15, -0.1) is 5.10 Å². The fourth-order valence-electron chi connectivity index (χ4n) is 2.24. The van der Waals surface area contributed by atoms with Gasteiger partial charge in [0.1, 0.15) is 5.69 Å². The molecule has 0 aliphatic rings. The average Bonchev–Trinajstić information content (AvgIpc) is 3.22. The van der Waals surface area contributed by atoms with Crippen LogP contribution in [0.3, 0.4) is 0 Å². The Kier molecular flexibility index (Phi) is 4.41. The summed E-state index contributed by atoms with van der Waals surface area (Å²) in [6.45, 7) is 2.09. The molecular formula is C16H17N5O3S. The summed E-state index contributed by atoms with van der Waals surface area (Å²) in [6.07, 6.45) is 4.33. The molecule has 0 aliphatic carbocycles. The van der Waals surface area contributed by atoms with E-state index in [-0.39, 0.29) is 22.9 Å². The van der Waals surface area contributed by atoms with E-state index in [0.29, 0.717) is 5.69 Å². The highest BCUT2D eigenvalue weighted by atomic mass is 32.2. The van der Waals surface area contributed by atoms with E-state index >= 15 is 0 Å². The summed E-state index contributed by atoms with van der Waals surface area (Å²) in [7, 11) is -1.99. The summed E-state index contributed by atoms with van der Waals surface area (Å²) in [5.41, 5.74) is 1.83. The highest BCUT2D eigenvalue weighted by Crippen LogP contribution is 2.16. The first-order chi connectivity index (χ1) is 11.9. The molecule has 8 nitrogen and oxygen atoms in total. The Bertz CT molecular complexity index is 1000. The molecule has 0 aliphatic heterocycles. The maximum absolute atomic E-state index is 12.6. The van der Waals surface area contributed by atoms with Crippen molar-refractivity contribution in [3.63, 3.8) is 0 Å². The minimum absolute atomic E-state index is 0.167. The van der Waals surface area contributed by atoms with E-state index in [2.05, 4.69) is 15.6 Å². The molecule has 0 saturated heterocycles. The van der Waals surface area contributed by atoms with Gasteiger partial charge < -0.3 is 5.32 Å². The molecule has 0 atom stereocenters. The van der Waals surface area contributed by atoms with Crippen molar-refractivity contribution in [3.05, 3.63) is 65.7 Å². The summed E-state index contributed by atoms with van der Waals surface area (Å²) in [4.78, 5) is 12.3. The molecule has 0 bridgehead atoms. The third-order valence-electron chi connectivity index (χ3n) is 3.61. The number of rotatable bonds is 5. The number of nitrogens with zero attached hydrogens (tertiary/aromatic N) is 4. The molecule has 25 heavy (non-hydrogen) atoms. The van der Waals surface area contributed by atoms with Crippen molar-refractivity contribution in [1.82, 2.24) is 24.3 Å². The van der Waals surface area contributed by atoms with Gasteiger partial charge in [-0.05, 0) is 25.1 Å². The Labute approximate surface area is 145 Å². The van der Waals surface area contributed by atoms with E-state index in [9.17, 15) is 13.2 Å². The predicted molar refractivity (Wildman–Crippen MR) is 90.4 cm³/mol. The lowest BCUT2D eigenvalue weighted by atomic mass is 10.2. The third kappa shape index (κ3) is 3.61. The molecule has 0 fully saturated rings. The Hall–Kier alpha value is -2.94. The highest BCUT2D eigenvalue weighted by Gasteiger charge is 2.18. The molecule has 0 saturated carbocycles. The Morgan fingerprint density at radius 2 is 1.88 bits per heavy atom. The molecule has 0 spiro atoms. The summed E-state index contributed by atoms with van der Waals surface area (Å²) < 4.78 is 27.7. The highest BCUT2D eigenvalue weighted by molar-refractivity contribution is 7.90. The fraction of sp³-hybridized carbons (Fsp3) is 0.188. The van der Waals surface area contributed by atoms with E-state index in [0.717, 1.165) is 9.54 Å². The van der Waals surface area contributed by atoms with Crippen LogP contribution in [-0.4, -0.2) is 33.3 Å². The molecule has 0 unspecified atom stereocenters. The Balaban J connectivity index is 1.75. The summed E-state index contributed by atoms with van der Waals surface area (Å²) in [5.74, 6) is -0.386. The zero-order chi connectivity index (χ0) is 18.0. The standard InChI is InChI=1S/C16H17N5O3S/c1-12-3-5-15(6-4-12)25(23,24)21-8-7-13(10-21)16(22)17-9-14-11-20(2)19-18-14/h3-8,10-11H,9H2,1-2H3,(H,17,22). The number of hydrogen-bond donors (Lipinski definition) is 1. The van der Waals surface area contributed by atoms with Gasteiger partial charge in [0.15, 0.2) is 0 Å². The SMILES string of the molecule is Cc1ccc(S(=O)(=O)n2ccc(C(=O)NCc3cn(C)nn3)c2)cc1. The van der Waals surface area contributed by atoms with Gasteiger partial charge in [-0.25, -0.2) is 12.4 Å². The lowest BCUT2D eigenvalue weighted by Gasteiger charge is -2.06. The fourth-order valence-corrected chi connectivity index (χ4v) is 3.44. The van der Waals surface area contributed by atoms with Gasteiger partial charge in [-0.1, -0.05) is 22.9 Å². The minimum Gasteiger partial charge on any atom is -0.346 e. The molecule has 1 amide bonds. The van der Waals surface area contributed by atoms with Gasteiger partial charge in [0.05, 0.1) is 17.0 Å². The maximum atomic E-state index is 12.6. The Morgan fingerprint density at radius 1 is 1.16 bits per heavy atom. The van der Waals surface area contributed by atoms with Crippen LogP contribution in [0.5, 0.6) is 0 Å². The minimum atomic E-state index is -3.72. The molecule has 1 N–H and O–H groups in total. The van der Waals surface area contributed by atoms with Gasteiger partial charge in [-0.2, -0.15) is 0 Å². The molecule has 1 aromatic carbocycles. The monoisotopic (exact) mass is 359 g/mol. The van der Waals surface area contributed by atoms with Crippen LogP contribution in [0.15, 0.2) is 53.8 Å². The van der Waals surface area contributed by atoms with Crippen molar-refractivity contribution >= 4 is 15.9 Å². The van der Waals surface area contributed by atoms with Crippen LogP contribution in [0.4, 0.5) is 0 Å². The molecule has 3 rings (SSSR count). The first kappa shape index (κ1) is 16.9. The van der Waals surface area contributed by atoms with Crippen molar-refractivity contribution in [1.29, 1.82) is 0 Å². The van der Waals surface area contributed by atoms with Gasteiger partial charge in [0.25, 0.3) is 15.9 Å². The second kappa shape index (κ2) is 6.52. The van der Waals surface area contributed by atoms with Crippen molar-refractivity contribution in [2.45, 2.75) is 18.4 Å². The second-order valence-corrected chi connectivity index (χ2v) is 7.46. The zero-order valence-electron chi connectivity index (χ0n) is 13.7. The number of aryl methyl sites for hydroxylation is 2. The number of nitrogens with one attached hydrogen (secondary N) is 1. The van der Waals surface area contributed by atoms with E-state index in [1.807, 2.05) is 6.92 Å². The third-order valence-corrected chi connectivity index (χ3v) is 5.26. The van der Waals surface area contributed by atoms with E-state index in [1.165, 1.54) is 23.1 Å². The van der Waals surface area contributed by atoms with Crippen molar-refractivity contribution in [2.24, 2.45) is 7.05 Å². The van der Waals surface area contributed by atoms with E-state index in [1.54, 1.807) is 37.5 Å². The quantitative estimate of drug-likeness (QED) is 0.735. The first-order valence-corrected chi connectivity index (χ1v) is 8.94. The lowest BCUT2D eigenvalue weighted by Crippen LogP contribution is -2.22. The number of amides is 1. The number of benzene rings is 1. The lowest BCUT2D eigenvalue weighted by molar-refractivity contribution is 0.0950. The molecule has 0 radical (unpaired) electrons. The van der Waals surface area contributed by atoms with Crippen molar-refractivity contribution in [2.75, 3.05) is 0 Å². The number of aromatic nitrogens is 4. The molecule has 3 aromatic rings. The average molecular weight is 359 g/mol. The zero-order valence-corrected chi connectivity index (χ0v) is 14.6. The van der Waals surface area contributed by atoms with Crippen LogP contribution in [0, 0.1) is 6.92 Å². The number of carbonyl (C=O) groups is 1. The van der Waals surface area contributed by atoms with Crippen LogP contribution in [0.1, 0.15) is 21.6 Å². The molecule has 130 valence electrons. The molecule has 2 aromatic heterocycles. The summed E-state index contributed by atoms with van der Waals surface area (Å²) >= 11 is 0. The second-order valence-electron chi connectivity index (χ2n) is 5.61.